The third-order valence-electron chi connectivity index (χ3n) is 3.91. The van der Waals surface area contributed by atoms with E-state index in [2.05, 4.69) is 31.8 Å². The number of rotatable bonds is 5. The van der Waals surface area contributed by atoms with Gasteiger partial charge in [-0.15, -0.1) is 0 Å². The number of benzene rings is 3. The van der Waals surface area contributed by atoms with Crippen molar-refractivity contribution in [1.82, 2.24) is 5.43 Å². The molecule has 0 spiro atoms. The number of carbonyl (C=O) groups is 3. The van der Waals surface area contributed by atoms with Crippen LogP contribution in [0.4, 0.5) is 5.69 Å². The molecule has 3 rings (SSSR count). The number of nitrogens with one attached hydrogen (secondary N) is 2. The van der Waals surface area contributed by atoms with E-state index in [1.54, 1.807) is 54.6 Å². The van der Waals surface area contributed by atoms with Gasteiger partial charge in [0.15, 0.2) is 0 Å². The lowest BCUT2D eigenvalue weighted by atomic mass is 10.2. The van der Waals surface area contributed by atoms with Crippen molar-refractivity contribution in [3.05, 3.63) is 92.4 Å². The predicted octanol–water partition coefficient (Wildman–Crippen LogP) is 5.06. The molecule has 0 aliphatic carbocycles. The number of hydrogen-bond acceptors (Lipinski definition) is 5. The van der Waals surface area contributed by atoms with E-state index in [0.717, 1.165) is 4.47 Å². The van der Waals surface area contributed by atoms with Gasteiger partial charge in [0, 0.05) is 9.50 Å². The minimum Gasteiger partial charge on any atom is -0.423 e. The van der Waals surface area contributed by atoms with E-state index in [1.807, 2.05) is 0 Å². The maximum atomic E-state index is 12.2. The molecule has 0 saturated heterocycles. The number of anilines is 1. The molecule has 0 aliphatic rings. The molecular weight excluding hydrogens is 521 g/mol. The standard InChI is InChI=1S/C22H14BrCl2N3O4/c23-15-3-1-2-14(10-15)22(31)32-17-7-4-13(5-8-17)12-26-28-21(30)20(29)27-19-11-16(24)6-9-18(19)25/h1-12H,(H,27,29)(H,28,30)/b26-12+. The number of hydrogen-bond donors (Lipinski definition) is 2. The molecule has 32 heavy (non-hydrogen) atoms. The molecule has 2 N–H and O–H groups in total. The normalized spacial score (nSPS) is 10.6. The zero-order valence-electron chi connectivity index (χ0n) is 16.1. The van der Waals surface area contributed by atoms with Gasteiger partial charge in [-0.05, 0) is 66.2 Å². The first kappa shape index (κ1) is 23.5. The highest BCUT2D eigenvalue weighted by Crippen LogP contribution is 2.25. The summed E-state index contributed by atoms with van der Waals surface area (Å²) in [5.74, 6) is -2.10. The molecule has 0 radical (unpaired) electrons. The molecule has 3 aromatic rings. The topological polar surface area (TPSA) is 96.9 Å². The first-order valence-electron chi connectivity index (χ1n) is 8.99. The molecule has 0 aromatic heterocycles. The van der Waals surface area contributed by atoms with Crippen molar-refractivity contribution in [3.63, 3.8) is 0 Å². The lowest BCUT2D eigenvalue weighted by Crippen LogP contribution is -2.32. The molecule has 3 aromatic carbocycles. The summed E-state index contributed by atoms with van der Waals surface area (Å²) in [7, 11) is 0. The summed E-state index contributed by atoms with van der Waals surface area (Å²) in [6.07, 6.45) is 1.33. The Hall–Kier alpha value is -3.20. The van der Waals surface area contributed by atoms with Crippen LogP contribution in [0.3, 0.4) is 0 Å². The molecule has 0 unspecified atom stereocenters. The molecule has 0 fully saturated rings. The minimum atomic E-state index is -0.989. The summed E-state index contributed by atoms with van der Waals surface area (Å²) in [5.41, 5.74) is 3.33. The summed E-state index contributed by atoms with van der Waals surface area (Å²) in [6, 6.07) is 17.7. The van der Waals surface area contributed by atoms with Gasteiger partial charge in [0.1, 0.15) is 5.75 Å². The molecule has 0 aliphatic heterocycles. The maximum absolute atomic E-state index is 12.2. The van der Waals surface area contributed by atoms with Crippen molar-refractivity contribution in [1.29, 1.82) is 0 Å². The Kier molecular flexibility index (Phi) is 7.99. The van der Waals surface area contributed by atoms with Crippen LogP contribution < -0.4 is 15.5 Å². The van der Waals surface area contributed by atoms with Gasteiger partial charge in [-0.3, -0.25) is 9.59 Å². The molecular formula is C22H14BrCl2N3O4. The van der Waals surface area contributed by atoms with Crippen LogP contribution in [0, 0.1) is 0 Å². The number of ether oxygens (including phenoxy) is 1. The van der Waals surface area contributed by atoms with Gasteiger partial charge in [0.05, 0.1) is 22.5 Å². The Morgan fingerprint density at radius 3 is 2.41 bits per heavy atom. The number of amides is 2. The van der Waals surface area contributed by atoms with Crippen molar-refractivity contribution < 1.29 is 19.1 Å². The number of esters is 1. The Morgan fingerprint density at radius 2 is 1.69 bits per heavy atom. The SMILES string of the molecule is O=C(N/N=C/c1ccc(OC(=O)c2cccc(Br)c2)cc1)C(=O)Nc1cc(Cl)ccc1Cl. The van der Waals surface area contributed by atoms with E-state index in [-0.39, 0.29) is 10.7 Å². The first-order chi connectivity index (χ1) is 15.3. The fourth-order valence-electron chi connectivity index (χ4n) is 2.39. The highest BCUT2D eigenvalue weighted by Gasteiger charge is 2.15. The van der Waals surface area contributed by atoms with Crippen molar-refractivity contribution in [2.75, 3.05) is 5.32 Å². The van der Waals surface area contributed by atoms with Crippen LogP contribution in [0.2, 0.25) is 10.0 Å². The van der Waals surface area contributed by atoms with Gasteiger partial charge in [-0.25, -0.2) is 10.2 Å². The van der Waals surface area contributed by atoms with Crippen LogP contribution in [0.25, 0.3) is 0 Å². The Morgan fingerprint density at radius 1 is 0.938 bits per heavy atom. The highest BCUT2D eigenvalue weighted by atomic mass is 79.9. The molecule has 10 heteroatoms. The smallest absolute Gasteiger partial charge is 0.343 e. The lowest BCUT2D eigenvalue weighted by molar-refractivity contribution is -0.136. The number of halogens is 3. The van der Waals surface area contributed by atoms with E-state index in [1.165, 1.54) is 18.3 Å². The summed E-state index contributed by atoms with van der Waals surface area (Å²) in [4.78, 5) is 36.0. The molecule has 0 saturated carbocycles. The molecule has 7 nitrogen and oxygen atoms in total. The van der Waals surface area contributed by atoms with Gasteiger partial charge in [-0.1, -0.05) is 45.2 Å². The fraction of sp³-hybridized carbons (Fsp3) is 0. The summed E-state index contributed by atoms with van der Waals surface area (Å²) < 4.78 is 6.08. The molecule has 0 atom stereocenters. The van der Waals surface area contributed by atoms with Crippen molar-refractivity contribution in [3.8, 4) is 5.75 Å². The Labute approximate surface area is 201 Å². The highest BCUT2D eigenvalue weighted by molar-refractivity contribution is 9.10. The third-order valence-corrected chi connectivity index (χ3v) is 4.97. The van der Waals surface area contributed by atoms with Gasteiger partial charge in [-0.2, -0.15) is 5.10 Å². The maximum Gasteiger partial charge on any atom is 0.343 e. The lowest BCUT2D eigenvalue weighted by Gasteiger charge is -2.06. The predicted molar refractivity (Wildman–Crippen MR) is 126 cm³/mol. The van der Waals surface area contributed by atoms with Crippen LogP contribution in [-0.4, -0.2) is 24.0 Å². The van der Waals surface area contributed by atoms with Crippen LogP contribution in [-0.2, 0) is 9.59 Å². The van der Waals surface area contributed by atoms with E-state index >= 15 is 0 Å². The van der Waals surface area contributed by atoms with E-state index < -0.39 is 17.8 Å². The van der Waals surface area contributed by atoms with Crippen molar-refractivity contribution in [2.45, 2.75) is 0 Å². The van der Waals surface area contributed by atoms with Gasteiger partial charge >= 0.3 is 17.8 Å². The summed E-state index contributed by atoms with van der Waals surface area (Å²) in [6.45, 7) is 0. The first-order valence-corrected chi connectivity index (χ1v) is 10.5. The van der Waals surface area contributed by atoms with E-state index in [9.17, 15) is 14.4 Å². The second-order valence-corrected chi connectivity index (χ2v) is 8.01. The molecule has 0 heterocycles. The Balaban J connectivity index is 1.53. The molecule has 2 amide bonds. The third kappa shape index (κ3) is 6.65. The minimum absolute atomic E-state index is 0.205. The van der Waals surface area contributed by atoms with Gasteiger partial charge < -0.3 is 10.1 Å². The summed E-state index contributed by atoms with van der Waals surface area (Å²) in [5, 5.41) is 6.68. The average molecular weight is 535 g/mol. The van der Waals surface area contributed by atoms with Gasteiger partial charge in [0.2, 0.25) is 0 Å². The van der Waals surface area contributed by atoms with E-state index in [0.29, 0.717) is 21.9 Å². The number of nitrogens with zero attached hydrogens (tertiary/aromatic N) is 1. The monoisotopic (exact) mass is 533 g/mol. The molecule has 0 bridgehead atoms. The van der Waals surface area contributed by atoms with Crippen molar-refractivity contribution >= 4 is 68.8 Å². The zero-order chi connectivity index (χ0) is 23.1. The van der Waals surface area contributed by atoms with Crippen LogP contribution in [0.1, 0.15) is 15.9 Å². The quantitative estimate of drug-likeness (QED) is 0.157. The van der Waals surface area contributed by atoms with Crippen LogP contribution in [0.15, 0.2) is 76.3 Å². The summed E-state index contributed by atoms with van der Waals surface area (Å²) >= 11 is 15.1. The number of hydrazone groups is 1. The van der Waals surface area contributed by atoms with Crippen molar-refractivity contribution in [2.24, 2.45) is 5.10 Å². The van der Waals surface area contributed by atoms with Crippen LogP contribution in [0.5, 0.6) is 5.75 Å². The Bertz CT molecular complexity index is 1200. The zero-order valence-corrected chi connectivity index (χ0v) is 19.2. The average Bonchev–Trinajstić information content (AvgIpc) is 2.77. The fourth-order valence-corrected chi connectivity index (χ4v) is 3.13. The van der Waals surface area contributed by atoms with Gasteiger partial charge in [0.25, 0.3) is 0 Å². The second-order valence-electron chi connectivity index (χ2n) is 6.25. The number of carbonyl (C=O) groups excluding carboxylic acids is 3. The van der Waals surface area contributed by atoms with Crippen LogP contribution >= 0.6 is 39.1 Å². The second kappa shape index (κ2) is 10.9. The molecule has 162 valence electrons. The largest absolute Gasteiger partial charge is 0.423 e. The van der Waals surface area contributed by atoms with E-state index in [4.69, 9.17) is 27.9 Å².